The van der Waals surface area contributed by atoms with Crippen molar-refractivity contribution in [2.24, 2.45) is 0 Å². The molecule has 0 aliphatic heterocycles. The summed E-state index contributed by atoms with van der Waals surface area (Å²) in [5.74, 6) is -0.914. The molecule has 6 nitrogen and oxygen atoms in total. The number of anilines is 1. The molecule has 0 atom stereocenters. The van der Waals surface area contributed by atoms with Crippen LogP contribution >= 0.6 is 0 Å². The zero-order chi connectivity index (χ0) is 12.0. The van der Waals surface area contributed by atoms with Gasteiger partial charge in [-0.25, -0.2) is 9.78 Å². The minimum absolute atomic E-state index is 0.0464. The van der Waals surface area contributed by atoms with E-state index in [2.05, 4.69) is 10.1 Å². The monoisotopic (exact) mass is 228 g/mol. The number of nitrogens with two attached hydrogens (primary N) is 1. The van der Waals surface area contributed by atoms with Crippen LogP contribution in [0.4, 0.5) is 5.95 Å². The van der Waals surface area contributed by atoms with Crippen molar-refractivity contribution >= 4 is 28.3 Å². The number of nitrogen functional groups attached to an aromatic ring is 1. The number of fused-ring (bicyclic) bond motifs is 3. The summed E-state index contributed by atoms with van der Waals surface area (Å²) in [7, 11) is 0. The smallest absolute Gasteiger partial charge is 0.356 e. The zero-order valence-corrected chi connectivity index (χ0v) is 8.66. The Morgan fingerprint density at radius 2 is 2.12 bits per heavy atom. The number of hydrogen-bond donors (Lipinski definition) is 2. The molecule has 0 amide bonds. The van der Waals surface area contributed by atoms with E-state index in [4.69, 9.17) is 10.8 Å². The Morgan fingerprint density at radius 1 is 1.35 bits per heavy atom. The third-order valence-corrected chi connectivity index (χ3v) is 2.56. The van der Waals surface area contributed by atoms with Crippen LogP contribution in [0.5, 0.6) is 0 Å². The van der Waals surface area contributed by atoms with Gasteiger partial charge in [0.15, 0.2) is 5.69 Å². The van der Waals surface area contributed by atoms with Gasteiger partial charge in [0.1, 0.15) is 0 Å². The van der Waals surface area contributed by atoms with Crippen molar-refractivity contribution in [2.45, 2.75) is 0 Å². The molecule has 0 fully saturated rings. The molecule has 3 N–H and O–H groups in total. The molecular weight excluding hydrogens is 220 g/mol. The van der Waals surface area contributed by atoms with Crippen molar-refractivity contribution in [1.82, 2.24) is 14.6 Å². The van der Waals surface area contributed by atoms with Crippen LogP contribution < -0.4 is 5.73 Å². The number of carbonyl (C=O) groups is 1. The Labute approximate surface area is 95.3 Å². The zero-order valence-electron chi connectivity index (χ0n) is 8.66. The van der Waals surface area contributed by atoms with E-state index in [0.29, 0.717) is 11.0 Å². The second kappa shape index (κ2) is 3.18. The fraction of sp³-hybridized carbons (Fsp3) is 0. The van der Waals surface area contributed by atoms with Crippen molar-refractivity contribution in [2.75, 3.05) is 5.73 Å². The highest BCUT2D eigenvalue weighted by Crippen LogP contribution is 2.21. The number of rotatable bonds is 1. The van der Waals surface area contributed by atoms with E-state index >= 15 is 0 Å². The number of carboxylic acids is 1. The molecule has 0 saturated heterocycles. The van der Waals surface area contributed by atoms with Crippen molar-refractivity contribution in [3.05, 3.63) is 36.0 Å². The van der Waals surface area contributed by atoms with Gasteiger partial charge in [0.05, 0.1) is 11.0 Å². The van der Waals surface area contributed by atoms with Crippen LogP contribution in [0.15, 0.2) is 30.3 Å². The Kier molecular flexibility index (Phi) is 1.79. The van der Waals surface area contributed by atoms with Crippen LogP contribution in [0.3, 0.4) is 0 Å². The van der Waals surface area contributed by atoms with E-state index in [1.54, 1.807) is 0 Å². The van der Waals surface area contributed by atoms with E-state index < -0.39 is 5.97 Å². The fourth-order valence-corrected chi connectivity index (χ4v) is 1.81. The van der Waals surface area contributed by atoms with Gasteiger partial charge < -0.3 is 10.8 Å². The molecule has 17 heavy (non-hydrogen) atoms. The van der Waals surface area contributed by atoms with Crippen LogP contribution in [0, 0.1) is 0 Å². The maximum absolute atomic E-state index is 10.9. The predicted octanol–water partition coefficient (Wildman–Crippen LogP) is 1.16. The van der Waals surface area contributed by atoms with Gasteiger partial charge in [-0.2, -0.15) is 9.61 Å². The second-order valence-corrected chi connectivity index (χ2v) is 3.62. The maximum Gasteiger partial charge on any atom is 0.356 e. The Morgan fingerprint density at radius 3 is 2.88 bits per heavy atom. The first-order chi connectivity index (χ1) is 8.16. The topological polar surface area (TPSA) is 93.5 Å². The second-order valence-electron chi connectivity index (χ2n) is 3.62. The van der Waals surface area contributed by atoms with Crippen LogP contribution in [0.25, 0.3) is 16.4 Å². The van der Waals surface area contributed by atoms with E-state index in [-0.39, 0.29) is 11.6 Å². The molecule has 3 aromatic rings. The van der Waals surface area contributed by atoms with Crippen molar-refractivity contribution in [3.63, 3.8) is 0 Å². The summed E-state index contributed by atoms with van der Waals surface area (Å²) >= 11 is 0. The van der Waals surface area contributed by atoms with E-state index in [9.17, 15) is 4.79 Å². The summed E-state index contributed by atoms with van der Waals surface area (Å²) in [6, 6.07) is 8.86. The molecule has 0 saturated carbocycles. The van der Waals surface area contributed by atoms with Gasteiger partial charge in [0.2, 0.25) is 5.95 Å². The van der Waals surface area contributed by atoms with Gasteiger partial charge in [0, 0.05) is 5.39 Å². The van der Waals surface area contributed by atoms with Gasteiger partial charge in [-0.15, -0.1) is 0 Å². The number of benzene rings is 1. The number of hydrogen-bond acceptors (Lipinski definition) is 4. The summed E-state index contributed by atoms with van der Waals surface area (Å²) < 4.78 is 1.34. The van der Waals surface area contributed by atoms with Crippen LogP contribution in [0.2, 0.25) is 0 Å². The van der Waals surface area contributed by atoms with Gasteiger partial charge >= 0.3 is 5.97 Å². The first-order valence-corrected chi connectivity index (χ1v) is 4.94. The van der Waals surface area contributed by atoms with Gasteiger partial charge in [0.25, 0.3) is 0 Å². The molecule has 3 rings (SSSR count). The van der Waals surface area contributed by atoms with Gasteiger partial charge in [-0.3, -0.25) is 0 Å². The Balaban J connectivity index is 2.51. The summed E-state index contributed by atoms with van der Waals surface area (Å²) in [6.45, 7) is 0. The number of nitrogens with zero attached hydrogens (tertiary/aromatic N) is 3. The molecule has 0 radical (unpaired) electrons. The standard InChI is InChI=1S/C11H8N4O2/c12-11-13-7-4-2-1-3-6(7)9-5-8(10(16)17)14-15(9)11/h1-5H,(H2,12,13)(H,16,17). The highest BCUT2D eigenvalue weighted by molar-refractivity contribution is 5.97. The largest absolute Gasteiger partial charge is 0.476 e. The third kappa shape index (κ3) is 1.31. The van der Waals surface area contributed by atoms with E-state index in [1.807, 2.05) is 24.3 Å². The highest BCUT2D eigenvalue weighted by Gasteiger charge is 2.13. The van der Waals surface area contributed by atoms with Crippen molar-refractivity contribution in [1.29, 1.82) is 0 Å². The Hall–Kier alpha value is -2.63. The van der Waals surface area contributed by atoms with Crippen LogP contribution in [-0.4, -0.2) is 25.7 Å². The van der Waals surface area contributed by atoms with Crippen molar-refractivity contribution in [3.8, 4) is 0 Å². The first-order valence-electron chi connectivity index (χ1n) is 4.94. The number of aromatic carboxylic acids is 1. The number of para-hydroxylation sites is 1. The van der Waals surface area contributed by atoms with E-state index in [0.717, 1.165) is 5.39 Å². The van der Waals surface area contributed by atoms with Crippen LogP contribution in [0.1, 0.15) is 10.5 Å². The lowest BCUT2D eigenvalue weighted by Crippen LogP contribution is -2.03. The summed E-state index contributed by atoms with van der Waals surface area (Å²) in [4.78, 5) is 15.0. The van der Waals surface area contributed by atoms with Crippen LogP contribution in [-0.2, 0) is 0 Å². The third-order valence-electron chi connectivity index (χ3n) is 2.56. The quantitative estimate of drug-likeness (QED) is 0.651. The highest BCUT2D eigenvalue weighted by atomic mass is 16.4. The molecular formula is C11H8N4O2. The van der Waals surface area contributed by atoms with Gasteiger partial charge in [-0.1, -0.05) is 18.2 Å². The lowest BCUT2D eigenvalue weighted by Gasteiger charge is -2.02. The molecule has 6 heteroatoms. The molecule has 1 aromatic carbocycles. The number of aromatic nitrogens is 3. The molecule has 2 aromatic heterocycles. The molecule has 0 aliphatic rings. The molecule has 0 aliphatic carbocycles. The van der Waals surface area contributed by atoms with Gasteiger partial charge in [-0.05, 0) is 12.1 Å². The Bertz CT molecular complexity index is 748. The molecule has 0 bridgehead atoms. The maximum atomic E-state index is 10.9. The van der Waals surface area contributed by atoms with E-state index in [1.165, 1.54) is 10.6 Å². The minimum Gasteiger partial charge on any atom is -0.476 e. The molecule has 84 valence electrons. The SMILES string of the molecule is Nc1nc2ccccc2c2cc(C(=O)O)nn12. The summed E-state index contributed by atoms with van der Waals surface area (Å²) in [6.07, 6.45) is 0. The fourth-order valence-electron chi connectivity index (χ4n) is 1.81. The van der Waals surface area contributed by atoms with Crippen molar-refractivity contribution < 1.29 is 9.90 Å². The normalized spacial score (nSPS) is 11.1. The average molecular weight is 228 g/mol. The lowest BCUT2D eigenvalue weighted by molar-refractivity contribution is 0.0690. The molecule has 0 spiro atoms. The molecule has 0 unspecified atom stereocenters. The first kappa shape index (κ1) is 9.59. The number of carboxylic acid groups (broad SMARTS) is 1. The predicted molar refractivity (Wildman–Crippen MR) is 61.9 cm³/mol. The lowest BCUT2D eigenvalue weighted by atomic mass is 10.2. The average Bonchev–Trinajstić information content (AvgIpc) is 2.75. The molecule has 2 heterocycles. The summed E-state index contributed by atoms with van der Waals surface area (Å²) in [5.41, 5.74) is 7.05. The summed E-state index contributed by atoms with van der Waals surface area (Å²) in [5, 5.41) is 13.6. The minimum atomic E-state index is -1.09.